The Balaban J connectivity index is 3.04. The van der Waals surface area contributed by atoms with Crippen molar-refractivity contribution in [1.82, 2.24) is 4.98 Å². The fourth-order valence-electron chi connectivity index (χ4n) is 1.01. The Morgan fingerprint density at radius 3 is 2.40 bits per heavy atom. The molecule has 3 nitrogen and oxygen atoms in total. The van der Waals surface area contributed by atoms with Gasteiger partial charge in [0.2, 0.25) is 5.88 Å². The van der Waals surface area contributed by atoms with E-state index in [9.17, 15) is 13.2 Å². The molecule has 0 saturated heterocycles. The summed E-state index contributed by atoms with van der Waals surface area (Å²) in [6, 6.07) is 1.17. The zero-order valence-corrected chi connectivity index (χ0v) is 10.0. The van der Waals surface area contributed by atoms with Gasteiger partial charge >= 0.3 is 6.36 Å². The molecule has 0 aliphatic carbocycles. The highest BCUT2D eigenvalue weighted by molar-refractivity contribution is 14.1. The van der Waals surface area contributed by atoms with Crippen molar-refractivity contribution in [2.45, 2.75) is 13.3 Å². The van der Waals surface area contributed by atoms with Crippen molar-refractivity contribution in [3.63, 3.8) is 0 Å². The first kappa shape index (κ1) is 12.3. The molecule has 0 unspecified atom stereocenters. The number of aromatic nitrogens is 1. The number of alkyl halides is 3. The quantitative estimate of drug-likeness (QED) is 0.780. The molecule has 7 heteroatoms. The van der Waals surface area contributed by atoms with Crippen molar-refractivity contribution < 1.29 is 22.6 Å². The molecule has 15 heavy (non-hydrogen) atoms. The van der Waals surface area contributed by atoms with E-state index in [4.69, 9.17) is 4.74 Å². The minimum absolute atomic E-state index is 0.351. The molecule has 1 aromatic rings. The van der Waals surface area contributed by atoms with Crippen LogP contribution in [0.15, 0.2) is 6.07 Å². The zero-order valence-electron chi connectivity index (χ0n) is 7.85. The van der Waals surface area contributed by atoms with Gasteiger partial charge in [-0.25, -0.2) is 4.98 Å². The number of rotatable bonds is 2. The molecule has 0 bridgehead atoms. The molecule has 0 aliphatic heterocycles. The molecule has 0 fully saturated rings. The number of pyridine rings is 1. The minimum atomic E-state index is -4.73. The zero-order chi connectivity index (χ0) is 11.6. The molecule has 1 rings (SSSR count). The van der Waals surface area contributed by atoms with E-state index in [0.29, 0.717) is 15.0 Å². The van der Waals surface area contributed by atoms with Crippen LogP contribution in [0.4, 0.5) is 13.2 Å². The van der Waals surface area contributed by atoms with Gasteiger partial charge in [0.05, 0.1) is 16.4 Å². The van der Waals surface area contributed by atoms with Gasteiger partial charge < -0.3 is 9.47 Å². The van der Waals surface area contributed by atoms with Crippen molar-refractivity contribution in [3.05, 3.63) is 15.3 Å². The van der Waals surface area contributed by atoms with E-state index < -0.39 is 12.2 Å². The third-order valence-electron chi connectivity index (χ3n) is 1.50. The Bertz CT molecular complexity index is 344. The van der Waals surface area contributed by atoms with Crippen LogP contribution in [0.2, 0.25) is 0 Å². The lowest BCUT2D eigenvalue weighted by Crippen LogP contribution is -2.18. The molecule has 0 aliphatic rings. The topological polar surface area (TPSA) is 31.4 Å². The summed E-state index contributed by atoms with van der Waals surface area (Å²) in [6.07, 6.45) is -4.73. The van der Waals surface area contributed by atoms with Crippen LogP contribution in [0.5, 0.6) is 11.6 Å². The molecule has 0 radical (unpaired) electrons. The predicted molar refractivity (Wildman–Crippen MR) is 54.9 cm³/mol. The third kappa shape index (κ3) is 3.40. The standard InChI is InChI=1S/C8H7F3INO2/c1-4-7(14-2)5(12)3-6(13-4)15-8(9,10)11/h3H,1-2H3. The molecule has 0 spiro atoms. The normalized spacial score (nSPS) is 11.3. The highest BCUT2D eigenvalue weighted by Gasteiger charge is 2.32. The summed E-state index contributed by atoms with van der Waals surface area (Å²) in [6.45, 7) is 1.55. The molecule has 1 heterocycles. The van der Waals surface area contributed by atoms with Crippen molar-refractivity contribution in [1.29, 1.82) is 0 Å². The van der Waals surface area contributed by atoms with Gasteiger partial charge in [-0.1, -0.05) is 0 Å². The van der Waals surface area contributed by atoms with Crippen LogP contribution in [0.1, 0.15) is 5.69 Å². The van der Waals surface area contributed by atoms with Crippen LogP contribution in [0.3, 0.4) is 0 Å². The fourth-order valence-corrected chi connectivity index (χ4v) is 1.89. The van der Waals surface area contributed by atoms with E-state index in [1.165, 1.54) is 13.2 Å². The van der Waals surface area contributed by atoms with Crippen LogP contribution in [0.25, 0.3) is 0 Å². The monoisotopic (exact) mass is 333 g/mol. The molecule has 0 N–H and O–H groups in total. The molecule has 0 amide bonds. The summed E-state index contributed by atoms with van der Waals surface area (Å²) in [7, 11) is 1.43. The maximum absolute atomic E-state index is 11.9. The van der Waals surface area contributed by atoms with Crippen LogP contribution in [-0.4, -0.2) is 18.5 Å². The van der Waals surface area contributed by atoms with Crippen molar-refractivity contribution >= 4 is 22.6 Å². The molecule has 0 atom stereocenters. The summed E-state index contributed by atoms with van der Waals surface area (Å²) in [5.41, 5.74) is 0.351. The minimum Gasteiger partial charge on any atom is -0.494 e. The first-order chi connectivity index (χ1) is 6.83. The molecule has 84 valence electrons. The van der Waals surface area contributed by atoms with Crippen LogP contribution >= 0.6 is 22.6 Å². The highest BCUT2D eigenvalue weighted by atomic mass is 127. The summed E-state index contributed by atoms with van der Waals surface area (Å²) in [4.78, 5) is 3.62. The van der Waals surface area contributed by atoms with E-state index in [-0.39, 0.29) is 0 Å². The number of methoxy groups -OCH3 is 1. The van der Waals surface area contributed by atoms with Gasteiger partial charge in [-0.2, -0.15) is 0 Å². The van der Waals surface area contributed by atoms with E-state index in [1.807, 2.05) is 22.6 Å². The van der Waals surface area contributed by atoms with E-state index >= 15 is 0 Å². The molecule has 0 aromatic carbocycles. The van der Waals surface area contributed by atoms with Crippen LogP contribution in [-0.2, 0) is 0 Å². The second kappa shape index (κ2) is 4.42. The second-order valence-corrected chi connectivity index (χ2v) is 3.77. The van der Waals surface area contributed by atoms with E-state index in [0.717, 1.165) is 0 Å². The van der Waals surface area contributed by atoms with Crippen molar-refractivity contribution in [2.75, 3.05) is 7.11 Å². The highest BCUT2D eigenvalue weighted by Crippen LogP contribution is 2.29. The van der Waals surface area contributed by atoms with Crippen molar-refractivity contribution in [2.24, 2.45) is 0 Å². The Morgan fingerprint density at radius 1 is 1.40 bits per heavy atom. The summed E-state index contributed by atoms with van der Waals surface area (Å²) in [5.74, 6) is -0.0321. The van der Waals surface area contributed by atoms with E-state index in [1.54, 1.807) is 6.92 Å². The maximum Gasteiger partial charge on any atom is 0.574 e. The van der Waals surface area contributed by atoms with Gasteiger partial charge in [-0.3, -0.25) is 0 Å². The largest absolute Gasteiger partial charge is 0.574 e. The number of nitrogens with zero attached hydrogens (tertiary/aromatic N) is 1. The number of aryl methyl sites for hydroxylation is 1. The molecular weight excluding hydrogens is 326 g/mol. The van der Waals surface area contributed by atoms with Gasteiger partial charge in [0, 0.05) is 6.07 Å². The van der Waals surface area contributed by atoms with Gasteiger partial charge in [-0.05, 0) is 29.5 Å². The number of ether oxygens (including phenoxy) is 2. The first-order valence-electron chi connectivity index (χ1n) is 3.80. The summed E-state index contributed by atoms with van der Waals surface area (Å²) >= 11 is 1.85. The van der Waals surface area contributed by atoms with Gasteiger partial charge in [-0.15, -0.1) is 13.2 Å². The lowest BCUT2D eigenvalue weighted by molar-refractivity contribution is -0.276. The lowest BCUT2D eigenvalue weighted by atomic mass is 10.3. The number of hydrogen-bond donors (Lipinski definition) is 0. The average Bonchev–Trinajstić information content (AvgIpc) is 1.99. The van der Waals surface area contributed by atoms with Crippen LogP contribution in [0, 0.1) is 10.5 Å². The Kier molecular flexibility index (Phi) is 3.63. The summed E-state index contributed by atoms with van der Waals surface area (Å²) in [5, 5.41) is 0. The van der Waals surface area contributed by atoms with Crippen LogP contribution < -0.4 is 9.47 Å². The molecule has 0 saturated carbocycles. The Hall–Kier alpha value is -0.730. The molecule has 1 aromatic heterocycles. The fraction of sp³-hybridized carbons (Fsp3) is 0.375. The Labute approximate surface area is 97.7 Å². The average molecular weight is 333 g/mol. The maximum atomic E-state index is 11.9. The number of halogens is 4. The lowest BCUT2D eigenvalue weighted by Gasteiger charge is -2.11. The third-order valence-corrected chi connectivity index (χ3v) is 2.30. The van der Waals surface area contributed by atoms with E-state index in [2.05, 4.69) is 9.72 Å². The Morgan fingerprint density at radius 2 is 2.00 bits per heavy atom. The van der Waals surface area contributed by atoms with Gasteiger partial charge in [0.25, 0.3) is 0 Å². The first-order valence-corrected chi connectivity index (χ1v) is 4.88. The molecular formula is C8H7F3INO2. The van der Waals surface area contributed by atoms with Crippen molar-refractivity contribution in [3.8, 4) is 11.6 Å². The van der Waals surface area contributed by atoms with Gasteiger partial charge in [0.1, 0.15) is 0 Å². The predicted octanol–water partition coefficient (Wildman–Crippen LogP) is 2.90. The smallest absolute Gasteiger partial charge is 0.494 e. The number of hydrogen-bond acceptors (Lipinski definition) is 3. The van der Waals surface area contributed by atoms with Gasteiger partial charge in [0.15, 0.2) is 5.75 Å². The summed E-state index contributed by atoms with van der Waals surface area (Å²) < 4.78 is 44.8. The SMILES string of the molecule is COc1c(I)cc(OC(F)(F)F)nc1C. The second-order valence-electron chi connectivity index (χ2n) is 2.61.